The van der Waals surface area contributed by atoms with E-state index in [2.05, 4.69) is 11.8 Å². The maximum Gasteiger partial charge on any atom is 0.288 e. The molecule has 4 nitrogen and oxygen atoms in total. The molecule has 0 saturated carbocycles. The molecule has 0 radical (unpaired) electrons. The maximum atomic E-state index is 10.9. The molecule has 0 fully saturated rings. The fraction of sp³-hybridized carbons (Fsp3) is 0.286. The molecule has 94 valence electrons. The monoisotopic (exact) mass is 245 g/mol. The van der Waals surface area contributed by atoms with Crippen LogP contribution in [0, 0.1) is 22.0 Å². The molecule has 0 aliphatic rings. The predicted octanol–water partition coefficient (Wildman–Crippen LogP) is 3.31. The van der Waals surface area contributed by atoms with Crippen molar-refractivity contribution in [3.05, 3.63) is 45.5 Å². The number of nitro benzene ring substituents is 1. The van der Waals surface area contributed by atoms with Crippen LogP contribution in [0.15, 0.2) is 29.8 Å². The van der Waals surface area contributed by atoms with Gasteiger partial charge in [-0.25, -0.2) is 0 Å². The maximum absolute atomic E-state index is 10.9. The Balaban J connectivity index is 3.01. The van der Waals surface area contributed by atoms with Crippen molar-refractivity contribution in [2.24, 2.45) is 0 Å². The number of ether oxygens (including phenoxy) is 1. The third-order valence-electron chi connectivity index (χ3n) is 2.24. The molecular formula is C14H15NO3. The van der Waals surface area contributed by atoms with E-state index in [1.54, 1.807) is 12.1 Å². The summed E-state index contributed by atoms with van der Waals surface area (Å²) in [7, 11) is 1.47. The Hall–Kier alpha value is -2.28. The molecule has 0 aliphatic carbocycles. The Kier molecular flexibility index (Phi) is 4.94. The van der Waals surface area contributed by atoms with Crippen molar-refractivity contribution in [2.75, 3.05) is 7.11 Å². The molecule has 0 amide bonds. The zero-order chi connectivity index (χ0) is 13.5. The number of allylic oxidation sites excluding steroid dienone is 2. The van der Waals surface area contributed by atoms with E-state index in [0.717, 1.165) is 0 Å². The molecule has 0 aromatic heterocycles. The van der Waals surface area contributed by atoms with Gasteiger partial charge in [-0.1, -0.05) is 23.5 Å². The van der Waals surface area contributed by atoms with E-state index in [1.807, 2.05) is 19.9 Å². The van der Waals surface area contributed by atoms with Gasteiger partial charge in [-0.05, 0) is 26.0 Å². The van der Waals surface area contributed by atoms with Gasteiger partial charge in [0, 0.05) is 6.42 Å². The summed E-state index contributed by atoms with van der Waals surface area (Å²) in [6.07, 6.45) is 2.56. The first-order valence-corrected chi connectivity index (χ1v) is 5.49. The molecule has 0 heterocycles. The van der Waals surface area contributed by atoms with Gasteiger partial charge >= 0.3 is 0 Å². The number of rotatable bonds is 3. The molecule has 1 aromatic carbocycles. The number of benzene rings is 1. The summed E-state index contributed by atoms with van der Waals surface area (Å²) in [6.45, 7) is 3.97. The lowest BCUT2D eigenvalue weighted by Gasteiger charge is -2.00. The van der Waals surface area contributed by atoms with Gasteiger partial charge < -0.3 is 4.74 Å². The Morgan fingerprint density at radius 1 is 1.50 bits per heavy atom. The van der Waals surface area contributed by atoms with Gasteiger partial charge in [-0.2, -0.15) is 0 Å². The van der Waals surface area contributed by atoms with Crippen LogP contribution < -0.4 is 4.74 Å². The van der Waals surface area contributed by atoms with Crippen molar-refractivity contribution in [2.45, 2.75) is 20.3 Å². The summed E-state index contributed by atoms with van der Waals surface area (Å²) in [4.78, 5) is 10.5. The van der Waals surface area contributed by atoms with E-state index in [9.17, 15) is 10.1 Å². The zero-order valence-electron chi connectivity index (χ0n) is 10.7. The first kappa shape index (κ1) is 13.8. The molecule has 0 spiro atoms. The van der Waals surface area contributed by atoms with Crippen LogP contribution in [0.1, 0.15) is 25.8 Å². The van der Waals surface area contributed by atoms with Crippen LogP contribution in [-0.2, 0) is 0 Å². The Bertz CT molecular complexity index is 532. The summed E-state index contributed by atoms with van der Waals surface area (Å²) < 4.78 is 4.95. The van der Waals surface area contributed by atoms with Crippen molar-refractivity contribution < 1.29 is 9.66 Å². The first-order valence-electron chi connectivity index (χ1n) is 5.49. The van der Waals surface area contributed by atoms with Crippen molar-refractivity contribution >= 4 is 5.69 Å². The minimum atomic E-state index is -0.451. The highest BCUT2D eigenvalue weighted by Gasteiger charge is 2.12. The summed E-state index contributed by atoms with van der Waals surface area (Å²) in [5.74, 6) is 6.16. The van der Waals surface area contributed by atoms with Gasteiger partial charge in [0.15, 0.2) is 0 Å². The second kappa shape index (κ2) is 6.45. The van der Waals surface area contributed by atoms with E-state index >= 15 is 0 Å². The van der Waals surface area contributed by atoms with Gasteiger partial charge in [-0.3, -0.25) is 10.1 Å². The number of hydrogen-bond acceptors (Lipinski definition) is 3. The van der Waals surface area contributed by atoms with Crippen LogP contribution in [0.2, 0.25) is 0 Å². The lowest BCUT2D eigenvalue weighted by molar-refractivity contribution is -0.385. The van der Waals surface area contributed by atoms with E-state index in [4.69, 9.17) is 4.74 Å². The third kappa shape index (κ3) is 3.95. The highest BCUT2D eigenvalue weighted by molar-refractivity contribution is 5.54. The topological polar surface area (TPSA) is 52.4 Å². The normalized spacial score (nSPS) is 9.06. The summed E-state index contributed by atoms with van der Waals surface area (Å²) >= 11 is 0. The Morgan fingerprint density at radius 3 is 2.78 bits per heavy atom. The highest BCUT2D eigenvalue weighted by Crippen LogP contribution is 2.23. The van der Waals surface area contributed by atoms with E-state index in [0.29, 0.717) is 17.7 Å². The fourth-order valence-electron chi connectivity index (χ4n) is 1.30. The molecule has 4 heteroatoms. The van der Waals surface area contributed by atoms with E-state index in [1.165, 1.54) is 18.7 Å². The Morgan fingerprint density at radius 2 is 2.22 bits per heavy atom. The van der Waals surface area contributed by atoms with Crippen molar-refractivity contribution in [1.82, 2.24) is 0 Å². The third-order valence-corrected chi connectivity index (χ3v) is 2.24. The molecule has 0 N–H and O–H groups in total. The van der Waals surface area contributed by atoms with Gasteiger partial charge in [0.25, 0.3) is 5.69 Å². The van der Waals surface area contributed by atoms with Crippen LogP contribution in [0.25, 0.3) is 0 Å². The van der Waals surface area contributed by atoms with Gasteiger partial charge in [0.05, 0.1) is 18.1 Å². The lowest BCUT2D eigenvalue weighted by Crippen LogP contribution is -1.93. The number of nitro groups is 1. The van der Waals surface area contributed by atoms with Crippen LogP contribution in [0.3, 0.4) is 0 Å². The second-order valence-electron chi connectivity index (χ2n) is 3.93. The molecule has 1 aromatic rings. The van der Waals surface area contributed by atoms with Crippen molar-refractivity contribution in [1.29, 1.82) is 0 Å². The van der Waals surface area contributed by atoms with E-state index < -0.39 is 4.92 Å². The van der Waals surface area contributed by atoms with Gasteiger partial charge in [0.1, 0.15) is 11.3 Å². The van der Waals surface area contributed by atoms with E-state index in [-0.39, 0.29) is 5.69 Å². The average Bonchev–Trinajstić information content (AvgIpc) is 2.34. The van der Waals surface area contributed by atoms with Gasteiger partial charge in [-0.15, -0.1) is 0 Å². The minimum Gasteiger partial charge on any atom is -0.497 e. The Labute approximate surface area is 106 Å². The molecule has 0 unspecified atom stereocenters. The van der Waals surface area contributed by atoms with Gasteiger partial charge in [0.2, 0.25) is 0 Å². The lowest BCUT2D eigenvalue weighted by atomic mass is 10.1. The molecule has 0 aliphatic heterocycles. The van der Waals surface area contributed by atoms with Crippen LogP contribution in [-0.4, -0.2) is 12.0 Å². The van der Waals surface area contributed by atoms with Crippen molar-refractivity contribution in [3.8, 4) is 17.6 Å². The SMILES string of the molecule is COc1ccc(C#CCC=C(C)C)c([N+](=O)[O-])c1. The van der Waals surface area contributed by atoms with Crippen LogP contribution in [0.5, 0.6) is 5.75 Å². The first-order chi connectivity index (χ1) is 8.54. The van der Waals surface area contributed by atoms with Crippen molar-refractivity contribution in [3.63, 3.8) is 0 Å². The number of hydrogen-bond donors (Lipinski definition) is 0. The molecule has 0 saturated heterocycles. The quantitative estimate of drug-likeness (QED) is 0.355. The largest absolute Gasteiger partial charge is 0.497 e. The van der Waals surface area contributed by atoms with Crippen LogP contribution >= 0.6 is 0 Å². The smallest absolute Gasteiger partial charge is 0.288 e. The summed E-state index contributed by atoms with van der Waals surface area (Å²) in [5, 5.41) is 10.9. The molecule has 0 atom stereocenters. The fourth-order valence-corrected chi connectivity index (χ4v) is 1.30. The zero-order valence-corrected chi connectivity index (χ0v) is 10.7. The molecule has 0 bridgehead atoms. The average molecular weight is 245 g/mol. The standard InChI is InChI=1S/C14H15NO3/c1-11(2)6-4-5-7-12-8-9-13(18-3)10-14(12)15(16)17/h6,8-10H,4H2,1-3H3. The summed E-state index contributed by atoms with van der Waals surface area (Å²) in [6, 6.07) is 4.65. The van der Waals surface area contributed by atoms with Crippen LogP contribution in [0.4, 0.5) is 5.69 Å². The highest BCUT2D eigenvalue weighted by atomic mass is 16.6. The number of methoxy groups -OCH3 is 1. The molecule has 1 rings (SSSR count). The molecular weight excluding hydrogens is 230 g/mol. The molecule has 18 heavy (non-hydrogen) atoms. The minimum absolute atomic E-state index is 0.0287. The number of nitrogens with zero attached hydrogens (tertiary/aromatic N) is 1. The second-order valence-corrected chi connectivity index (χ2v) is 3.93. The summed E-state index contributed by atoms with van der Waals surface area (Å²) in [5.41, 5.74) is 1.55. The predicted molar refractivity (Wildman–Crippen MR) is 70.6 cm³/mol.